The van der Waals surface area contributed by atoms with Gasteiger partial charge < -0.3 is 13.9 Å². The molecule has 0 saturated carbocycles. The van der Waals surface area contributed by atoms with Gasteiger partial charge in [0.25, 0.3) is 0 Å². The number of para-hydroxylation sites is 1. The standard InChI is InChI=1S/C20H20O3/c1-4-15-13-18(14-9-11-16(21-2)12-10-14)20(23-15)17-7-5-6-8-19(17)22-3/h5-13H,4H2,1-3H3. The van der Waals surface area contributed by atoms with Crippen LogP contribution in [0.15, 0.2) is 59.0 Å². The Morgan fingerprint density at radius 1 is 0.870 bits per heavy atom. The molecule has 0 aliphatic heterocycles. The Bertz CT molecular complexity index is 785. The molecule has 23 heavy (non-hydrogen) atoms. The Morgan fingerprint density at radius 3 is 2.26 bits per heavy atom. The van der Waals surface area contributed by atoms with Crippen LogP contribution in [-0.2, 0) is 6.42 Å². The van der Waals surface area contributed by atoms with Crippen molar-refractivity contribution < 1.29 is 13.9 Å². The molecule has 0 bridgehead atoms. The molecule has 0 amide bonds. The zero-order valence-electron chi connectivity index (χ0n) is 13.6. The maximum absolute atomic E-state index is 6.09. The van der Waals surface area contributed by atoms with Crippen LogP contribution in [0.1, 0.15) is 12.7 Å². The van der Waals surface area contributed by atoms with Gasteiger partial charge in [-0.15, -0.1) is 0 Å². The minimum atomic E-state index is 0.805. The second-order valence-corrected chi connectivity index (χ2v) is 5.24. The van der Waals surface area contributed by atoms with E-state index in [0.717, 1.165) is 46.1 Å². The molecule has 0 aliphatic rings. The summed E-state index contributed by atoms with van der Waals surface area (Å²) < 4.78 is 16.8. The summed E-state index contributed by atoms with van der Waals surface area (Å²) in [6, 6.07) is 18.0. The van der Waals surface area contributed by atoms with Crippen molar-refractivity contribution in [2.24, 2.45) is 0 Å². The number of aryl methyl sites for hydroxylation is 1. The molecule has 0 unspecified atom stereocenters. The number of rotatable bonds is 5. The van der Waals surface area contributed by atoms with Crippen LogP contribution < -0.4 is 9.47 Å². The van der Waals surface area contributed by atoms with E-state index in [1.165, 1.54) is 0 Å². The Kier molecular flexibility index (Phi) is 4.38. The monoisotopic (exact) mass is 308 g/mol. The molecule has 2 aromatic carbocycles. The first-order valence-electron chi connectivity index (χ1n) is 7.67. The molecule has 0 atom stereocenters. The number of methoxy groups -OCH3 is 2. The molecule has 3 nitrogen and oxygen atoms in total. The molecule has 0 aliphatic carbocycles. The van der Waals surface area contributed by atoms with Gasteiger partial charge in [-0.2, -0.15) is 0 Å². The summed E-state index contributed by atoms with van der Waals surface area (Å²) in [5, 5.41) is 0. The highest BCUT2D eigenvalue weighted by atomic mass is 16.5. The number of benzene rings is 2. The van der Waals surface area contributed by atoms with Crippen LogP contribution in [0, 0.1) is 0 Å². The van der Waals surface area contributed by atoms with Gasteiger partial charge in [-0.3, -0.25) is 0 Å². The summed E-state index contributed by atoms with van der Waals surface area (Å²) in [4.78, 5) is 0. The van der Waals surface area contributed by atoms with Gasteiger partial charge in [-0.25, -0.2) is 0 Å². The first-order valence-corrected chi connectivity index (χ1v) is 7.67. The smallest absolute Gasteiger partial charge is 0.145 e. The van der Waals surface area contributed by atoms with Gasteiger partial charge in [-0.05, 0) is 35.9 Å². The van der Waals surface area contributed by atoms with E-state index in [1.54, 1.807) is 14.2 Å². The zero-order valence-corrected chi connectivity index (χ0v) is 13.6. The molecular weight excluding hydrogens is 288 g/mol. The number of hydrogen-bond donors (Lipinski definition) is 0. The highest BCUT2D eigenvalue weighted by molar-refractivity contribution is 5.83. The first-order chi connectivity index (χ1) is 11.3. The van der Waals surface area contributed by atoms with Gasteiger partial charge >= 0.3 is 0 Å². The van der Waals surface area contributed by atoms with E-state index >= 15 is 0 Å². The molecule has 3 aromatic rings. The van der Waals surface area contributed by atoms with E-state index in [4.69, 9.17) is 13.9 Å². The maximum atomic E-state index is 6.09. The molecule has 3 heteroatoms. The van der Waals surface area contributed by atoms with Crippen LogP contribution in [0.4, 0.5) is 0 Å². The van der Waals surface area contributed by atoms with Gasteiger partial charge in [0.1, 0.15) is 23.0 Å². The van der Waals surface area contributed by atoms with Crippen molar-refractivity contribution in [2.45, 2.75) is 13.3 Å². The average molecular weight is 308 g/mol. The van der Waals surface area contributed by atoms with E-state index < -0.39 is 0 Å². The Balaban J connectivity index is 2.15. The van der Waals surface area contributed by atoms with Crippen LogP contribution in [0.5, 0.6) is 11.5 Å². The normalized spacial score (nSPS) is 10.6. The van der Waals surface area contributed by atoms with Crippen LogP contribution in [0.2, 0.25) is 0 Å². The lowest BCUT2D eigenvalue weighted by molar-refractivity contribution is 0.414. The molecule has 0 fully saturated rings. The molecule has 1 aromatic heterocycles. The van der Waals surface area contributed by atoms with E-state index in [2.05, 4.69) is 13.0 Å². The predicted molar refractivity (Wildman–Crippen MR) is 92.1 cm³/mol. The molecule has 3 rings (SSSR count). The van der Waals surface area contributed by atoms with E-state index in [1.807, 2.05) is 48.5 Å². The second kappa shape index (κ2) is 6.61. The third-order valence-electron chi connectivity index (χ3n) is 3.88. The maximum Gasteiger partial charge on any atom is 0.145 e. The SMILES string of the molecule is CCc1cc(-c2ccc(OC)cc2)c(-c2ccccc2OC)o1. The summed E-state index contributed by atoms with van der Waals surface area (Å²) in [6.07, 6.45) is 0.846. The number of hydrogen-bond acceptors (Lipinski definition) is 3. The van der Waals surface area contributed by atoms with Crippen molar-refractivity contribution in [3.8, 4) is 33.9 Å². The first kappa shape index (κ1) is 15.2. The van der Waals surface area contributed by atoms with Crippen molar-refractivity contribution in [3.63, 3.8) is 0 Å². The van der Waals surface area contributed by atoms with Gasteiger partial charge in [0.15, 0.2) is 0 Å². The fourth-order valence-corrected chi connectivity index (χ4v) is 2.63. The molecule has 0 radical (unpaired) electrons. The van der Waals surface area contributed by atoms with Crippen molar-refractivity contribution in [1.82, 2.24) is 0 Å². The summed E-state index contributed by atoms with van der Waals surface area (Å²) in [7, 11) is 3.35. The number of furan rings is 1. The van der Waals surface area contributed by atoms with Gasteiger partial charge in [-0.1, -0.05) is 31.2 Å². The van der Waals surface area contributed by atoms with Crippen LogP contribution in [0.3, 0.4) is 0 Å². The van der Waals surface area contributed by atoms with Gasteiger partial charge in [0, 0.05) is 12.0 Å². The minimum Gasteiger partial charge on any atom is -0.497 e. The minimum absolute atomic E-state index is 0.805. The summed E-state index contributed by atoms with van der Waals surface area (Å²) in [6.45, 7) is 2.09. The van der Waals surface area contributed by atoms with Crippen LogP contribution in [-0.4, -0.2) is 14.2 Å². The van der Waals surface area contributed by atoms with Crippen molar-refractivity contribution in [1.29, 1.82) is 0 Å². The summed E-state index contributed by atoms with van der Waals surface area (Å²) in [5.41, 5.74) is 3.12. The Morgan fingerprint density at radius 2 is 1.61 bits per heavy atom. The lowest BCUT2D eigenvalue weighted by atomic mass is 10.0. The van der Waals surface area contributed by atoms with Crippen molar-refractivity contribution in [3.05, 3.63) is 60.4 Å². The van der Waals surface area contributed by atoms with Crippen molar-refractivity contribution in [2.75, 3.05) is 14.2 Å². The lowest BCUT2D eigenvalue weighted by Crippen LogP contribution is -1.88. The summed E-state index contributed by atoms with van der Waals surface area (Å²) in [5.74, 6) is 3.44. The van der Waals surface area contributed by atoms with Crippen LogP contribution >= 0.6 is 0 Å². The molecule has 1 heterocycles. The molecule has 0 saturated heterocycles. The van der Waals surface area contributed by atoms with E-state index in [-0.39, 0.29) is 0 Å². The summed E-state index contributed by atoms with van der Waals surface area (Å²) >= 11 is 0. The third kappa shape index (κ3) is 2.95. The highest BCUT2D eigenvalue weighted by Gasteiger charge is 2.17. The molecule has 0 spiro atoms. The molecule has 118 valence electrons. The van der Waals surface area contributed by atoms with E-state index in [9.17, 15) is 0 Å². The third-order valence-corrected chi connectivity index (χ3v) is 3.88. The molecule has 0 N–H and O–H groups in total. The highest BCUT2D eigenvalue weighted by Crippen LogP contribution is 2.39. The Labute approximate surface area is 136 Å². The van der Waals surface area contributed by atoms with E-state index in [0.29, 0.717) is 0 Å². The van der Waals surface area contributed by atoms with Gasteiger partial charge in [0.2, 0.25) is 0 Å². The zero-order chi connectivity index (χ0) is 16.2. The predicted octanol–water partition coefficient (Wildman–Crippen LogP) is 5.19. The van der Waals surface area contributed by atoms with Crippen LogP contribution in [0.25, 0.3) is 22.5 Å². The fraction of sp³-hybridized carbons (Fsp3) is 0.200. The fourth-order valence-electron chi connectivity index (χ4n) is 2.63. The molecular formula is C20H20O3. The van der Waals surface area contributed by atoms with Crippen molar-refractivity contribution >= 4 is 0 Å². The lowest BCUT2D eigenvalue weighted by Gasteiger charge is -2.08. The topological polar surface area (TPSA) is 31.6 Å². The average Bonchev–Trinajstić information content (AvgIpc) is 3.06. The Hall–Kier alpha value is -2.68. The second-order valence-electron chi connectivity index (χ2n) is 5.24. The quantitative estimate of drug-likeness (QED) is 0.649. The largest absolute Gasteiger partial charge is 0.497 e. The number of ether oxygens (including phenoxy) is 2. The van der Waals surface area contributed by atoms with Gasteiger partial charge in [0.05, 0.1) is 19.8 Å².